The summed E-state index contributed by atoms with van der Waals surface area (Å²) in [6, 6.07) is 13.5. The molecular formula is C25H31NO3. The average molecular weight is 394 g/mol. The largest absolute Gasteiger partial charge is 0.508 e. The maximum atomic E-state index is 11.0. The third-order valence-corrected chi connectivity index (χ3v) is 8.35. The van der Waals surface area contributed by atoms with Crippen LogP contribution in [0.5, 0.6) is 11.5 Å². The molecule has 2 fully saturated rings. The van der Waals surface area contributed by atoms with Crippen molar-refractivity contribution in [2.24, 2.45) is 17.3 Å². The van der Waals surface area contributed by atoms with Crippen LogP contribution in [0.25, 0.3) is 0 Å². The molecule has 0 aliphatic heterocycles. The lowest BCUT2D eigenvalue weighted by Crippen LogP contribution is -2.57. The quantitative estimate of drug-likeness (QED) is 0.634. The number of aliphatic hydroxyl groups excluding tert-OH is 1. The number of benzene rings is 2. The summed E-state index contributed by atoms with van der Waals surface area (Å²) in [6.07, 6.45) is 4.82. The van der Waals surface area contributed by atoms with Gasteiger partial charge in [0.25, 0.3) is 0 Å². The predicted molar refractivity (Wildman–Crippen MR) is 113 cm³/mol. The molecule has 3 aliphatic rings. The van der Waals surface area contributed by atoms with Crippen LogP contribution in [0.4, 0.5) is 0 Å². The number of aliphatic hydroxyl groups is 1. The van der Waals surface area contributed by atoms with Crippen molar-refractivity contribution in [2.75, 3.05) is 0 Å². The van der Waals surface area contributed by atoms with Gasteiger partial charge in [-0.2, -0.15) is 0 Å². The van der Waals surface area contributed by atoms with Crippen molar-refractivity contribution < 1.29 is 15.3 Å². The van der Waals surface area contributed by atoms with Crippen molar-refractivity contribution in [3.05, 3.63) is 59.2 Å². The fraction of sp³-hybridized carbons (Fsp3) is 0.520. The van der Waals surface area contributed by atoms with Crippen molar-refractivity contribution in [1.82, 2.24) is 5.32 Å². The summed E-state index contributed by atoms with van der Waals surface area (Å²) in [4.78, 5) is 0. The second-order valence-corrected chi connectivity index (χ2v) is 9.56. The third kappa shape index (κ3) is 2.96. The van der Waals surface area contributed by atoms with Gasteiger partial charge in [0, 0.05) is 23.6 Å². The third-order valence-electron chi connectivity index (χ3n) is 8.35. The Morgan fingerprint density at radius 2 is 1.90 bits per heavy atom. The van der Waals surface area contributed by atoms with Gasteiger partial charge in [-0.15, -0.1) is 0 Å². The van der Waals surface area contributed by atoms with Crippen LogP contribution in [-0.4, -0.2) is 27.5 Å². The van der Waals surface area contributed by atoms with Gasteiger partial charge < -0.3 is 20.6 Å². The second-order valence-electron chi connectivity index (χ2n) is 9.56. The molecule has 0 spiro atoms. The van der Waals surface area contributed by atoms with E-state index >= 15 is 0 Å². The molecule has 0 amide bonds. The molecule has 2 aromatic carbocycles. The zero-order chi connectivity index (χ0) is 20.2. The van der Waals surface area contributed by atoms with E-state index in [1.54, 1.807) is 6.07 Å². The van der Waals surface area contributed by atoms with Gasteiger partial charge in [-0.3, -0.25) is 0 Å². The van der Waals surface area contributed by atoms with E-state index in [2.05, 4.69) is 18.3 Å². The van der Waals surface area contributed by atoms with Gasteiger partial charge in [-0.1, -0.05) is 31.2 Å². The number of hydrogen-bond acceptors (Lipinski definition) is 4. The predicted octanol–water partition coefficient (Wildman–Crippen LogP) is 4.08. The topological polar surface area (TPSA) is 72.7 Å². The summed E-state index contributed by atoms with van der Waals surface area (Å²) in [5.74, 6) is 2.23. The lowest BCUT2D eigenvalue weighted by Gasteiger charge is -2.54. The number of hydrogen-bond donors (Lipinski definition) is 4. The van der Waals surface area contributed by atoms with Crippen molar-refractivity contribution in [2.45, 2.75) is 63.6 Å². The summed E-state index contributed by atoms with van der Waals surface area (Å²) in [5.41, 5.74) is 3.43. The Morgan fingerprint density at radius 1 is 1.07 bits per heavy atom. The molecule has 6 unspecified atom stereocenters. The van der Waals surface area contributed by atoms with E-state index < -0.39 is 0 Å². The van der Waals surface area contributed by atoms with Crippen molar-refractivity contribution in [3.63, 3.8) is 0 Å². The number of fused-ring (bicyclic) bond motifs is 5. The average Bonchev–Trinajstić information content (AvgIpc) is 3.02. The van der Waals surface area contributed by atoms with Gasteiger partial charge in [-0.25, -0.2) is 0 Å². The minimum Gasteiger partial charge on any atom is -0.508 e. The smallest absolute Gasteiger partial charge is 0.120 e. The molecule has 0 radical (unpaired) electrons. The molecule has 0 heterocycles. The molecule has 0 bridgehead atoms. The zero-order valence-electron chi connectivity index (χ0n) is 17.0. The van der Waals surface area contributed by atoms with Crippen LogP contribution in [0, 0.1) is 17.3 Å². The molecule has 4 N–H and O–H groups in total. The standard InChI is InChI=1S/C25H31NO3/c1-25-21(10-11-24(25)29)19-8-6-15-12-17(27)7-9-18(15)20(19)13-23(25)26-14-16-4-2-3-5-22(16)28/h2-5,7,9,12,19-21,23-24,26-29H,6,8,10-11,13-14H2,1H3. The molecular weight excluding hydrogens is 362 g/mol. The van der Waals surface area contributed by atoms with Crippen molar-refractivity contribution in [1.29, 1.82) is 0 Å². The first-order chi connectivity index (χ1) is 14.0. The second kappa shape index (κ2) is 7.03. The number of aryl methyl sites for hydroxylation is 1. The van der Waals surface area contributed by atoms with Gasteiger partial charge in [0.05, 0.1) is 6.10 Å². The lowest BCUT2D eigenvalue weighted by atomic mass is 9.53. The van der Waals surface area contributed by atoms with Gasteiger partial charge in [0.1, 0.15) is 11.5 Å². The van der Waals surface area contributed by atoms with E-state index in [1.165, 1.54) is 11.1 Å². The number of para-hydroxylation sites is 1. The van der Waals surface area contributed by atoms with Crippen LogP contribution in [0.15, 0.2) is 42.5 Å². The summed E-state index contributed by atoms with van der Waals surface area (Å²) in [7, 11) is 0. The van der Waals surface area contributed by atoms with Crippen LogP contribution in [-0.2, 0) is 13.0 Å². The van der Waals surface area contributed by atoms with E-state index in [-0.39, 0.29) is 17.6 Å². The summed E-state index contributed by atoms with van der Waals surface area (Å²) >= 11 is 0. The molecule has 6 atom stereocenters. The highest BCUT2D eigenvalue weighted by molar-refractivity contribution is 5.40. The molecule has 4 heteroatoms. The highest BCUT2D eigenvalue weighted by Gasteiger charge is 2.58. The number of phenolic OH excluding ortho intramolecular Hbond substituents is 2. The SMILES string of the molecule is CC12C(O)CCC1C1CCc3cc(O)ccc3C1CC2NCc1ccccc1O. The van der Waals surface area contributed by atoms with Crippen LogP contribution >= 0.6 is 0 Å². The minimum atomic E-state index is -0.281. The molecule has 3 aliphatic carbocycles. The maximum Gasteiger partial charge on any atom is 0.120 e. The highest BCUT2D eigenvalue weighted by atomic mass is 16.3. The Kier molecular flexibility index (Phi) is 4.60. The number of phenols is 2. The molecule has 4 nitrogen and oxygen atoms in total. The Balaban J connectivity index is 1.47. The fourth-order valence-corrected chi connectivity index (χ4v) is 6.78. The molecule has 154 valence electrons. The monoisotopic (exact) mass is 393 g/mol. The number of nitrogens with one attached hydrogen (secondary N) is 1. The summed E-state index contributed by atoms with van der Waals surface area (Å²) in [5, 5.41) is 34.8. The van der Waals surface area contributed by atoms with E-state index in [1.807, 2.05) is 30.3 Å². The van der Waals surface area contributed by atoms with E-state index in [0.717, 1.165) is 37.7 Å². The van der Waals surface area contributed by atoms with Gasteiger partial charge in [0.2, 0.25) is 0 Å². The normalized spacial score (nSPS) is 35.6. The molecule has 0 aromatic heterocycles. The lowest BCUT2D eigenvalue weighted by molar-refractivity contribution is -0.0500. The summed E-state index contributed by atoms with van der Waals surface area (Å²) < 4.78 is 0. The van der Waals surface area contributed by atoms with Crippen LogP contribution in [0.1, 0.15) is 55.2 Å². The number of aromatic hydroxyl groups is 2. The number of rotatable bonds is 3. The highest BCUT2D eigenvalue weighted by Crippen LogP contribution is 2.61. The molecule has 2 aromatic rings. The molecule has 29 heavy (non-hydrogen) atoms. The van der Waals surface area contributed by atoms with Gasteiger partial charge >= 0.3 is 0 Å². The van der Waals surface area contributed by atoms with Crippen LogP contribution in [0.2, 0.25) is 0 Å². The Morgan fingerprint density at radius 3 is 2.72 bits per heavy atom. The van der Waals surface area contributed by atoms with Crippen LogP contribution in [0.3, 0.4) is 0 Å². The Bertz CT molecular complexity index is 913. The molecule has 0 saturated heterocycles. The first-order valence-corrected chi connectivity index (χ1v) is 11.0. The van der Waals surface area contributed by atoms with E-state index in [4.69, 9.17) is 0 Å². The minimum absolute atomic E-state index is 0.139. The van der Waals surface area contributed by atoms with Crippen molar-refractivity contribution >= 4 is 0 Å². The first kappa shape index (κ1) is 19.0. The Labute approximate surface area is 172 Å². The van der Waals surface area contributed by atoms with Gasteiger partial charge in [-0.05, 0) is 79.2 Å². The first-order valence-electron chi connectivity index (χ1n) is 11.0. The Hall–Kier alpha value is -2.04. The van der Waals surface area contributed by atoms with E-state index in [0.29, 0.717) is 35.8 Å². The van der Waals surface area contributed by atoms with Crippen molar-refractivity contribution in [3.8, 4) is 11.5 Å². The van der Waals surface area contributed by atoms with Crippen LogP contribution < -0.4 is 5.32 Å². The van der Waals surface area contributed by atoms with E-state index in [9.17, 15) is 15.3 Å². The van der Waals surface area contributed by atoms with Gasteiger partial charge in [0.15, 0.2) is 0 Å². The summed E-state index contributed by atoms with van der Waals surface area (Å²) in [6.45, 7) is 2.88. The fourth-order valence-electron chi connectivity index (χ4n) is 6.78. The molecule has 5 rings (SSSR count). The zero-order valence-corrected chi connectivity index (χ0v) is 17.0. The maximum absolute atomic E-state index is 11.0. The molecule has 2 saturated carbocycles.